The SMILES string of the molecule is O=C1N(c2ccc(C(F)(F)F)nc2)CC2(CCCCC2)N1Cc1ccc(OC2CCCCC2)nc1. The molecule has 0 N–H and O–H groups in total. The molecule has 2 amide bonds. The molecule has 0 bridgehead atoms. The average Bonchev–Trinajstić information content (AvgIpc) is 3.12. The molecule has 3 fully saturated rings. The van der Waals surface area contributed by atoms with Gasteiger partial charge in [-0.05, 0) is 56.2 Å². The summed E-state index contributed by atoms with van der Waals surface area (Å²) in [5.41, 5.74) is 0.00481. The number of nitrogens with zero attached hydrogens (tertiary/aromatic N) is 4. The molecule has 6 nitrogen and oxygen atoms in total. The molecule has 1 saturated heterocycles. The van der Waals surface area contributed by atoms with Gasteiger partial charge in [0.2, 0.25) is 5.88 Å². The van der Waals surface area contributed by atoms with Crippen LogP contribution in [0.5, 0.6) is 5.88 Å². The number of urea groups is 1. The van der Waals surface area contributed by atoms with Crippen LogP contribution in [0.1, 0.15) is 75.5 Å². The van der Waals surface area contributed by atoms with Gasteiger partial charge in [0, 0.05) is 18.8 Å². The fourth-order valence-electron chi connectivity index (χ4n) is 5.69. The van der Waals surface area contributed by atoms with E-state index in [0.717, 1.165) is 62.8 Å². The third-order valence-electron chi connectivity index (χ3n) is 7.60. The summed E-state index contributed by atoms with van der Waals surface area (Å²) in [6.45, 7) is 0.856. The van der Waals surface area contributed by atoms with E-state index >= 15 is 0 Å². The number of rotatable bonds is 5. The Kier molecular flexibility index (Phi) is 6.59. The Hall–Kier alpha value is -2.84. The second-order valence-corrected chi connectivity index (χ2v) is 10.0. The number of ether oxygens (including phenoxy) is 1. The second-order valence-electron chi connectivity index (χ2n) is 10.0. The van der Waals surface area contributed by atoms with Gasteiger partial charge in [-0.25, -0.2) is 14.8 Å². The zero-order valence-electron chi connectivity index (χ0n) is 19.8. The molecule has 1 aliphatic heterocycles. The van der Waals surface area contributed by atoms with Crippen LogP contribution in [0.2, 0.25) is 0 Å². The molecular formula is C26H31F3N4O2. The third-order valence-corrected chi connectivity index (χ3v) is 7.60. The molecule has 188 valence electrons. The fourth-order valence-corrected chi connectivity index (χ4v) is 5.69. The Morgan fingerprint density at radius 3 is 2.31 bits per heavy atom. The van der Waals surface area contributed by atoms with Crippen molar-refractivity contribution in [2.75, 3.05) is 11.4 Å². The summed E-state index contributed by atoms with van der Waals surface area (Å²) in [5.74, 6) is 0.609. The highest BCUT2D eigenvalue weighted by Gasteiger charge is 2.50. The molecule has 1 spiro atoms. The molecule has 0 atom stereocenters. The Bertz CT molecular complexity index is 1010. The molecule has 35 heavy (non-hydrogen) atoms. The lowest BCUT2D eigenvalue weighted by Gasteiger charge is -2.40. The second kappa shape index (κ2) is 9.66. The van der Waals surface area contributed by atoms with Gasteiger partial charge in [-0.3, -0.25) is 4.90 Å². The van der Waals surface area contributed by atoms with Crippen LogP contribution in [0.25, 0.3) is 0 Å². The maximum atomic E-state index is 13.6. The number of anilines is 1. The third kappa shape index (κ3) is 5.09. The summed E-state index contributed by atoms with van der Waals surface area (Å²) in [7, 11) is 0. The van der Waals surface area contributed by atoms with Crippen LogP contribution in [0, 0.1) is 0 Å². The Labute approximate surface area is 203 Å². The number of aromatic nitrogens is 2. The summed E-state index contributed by atoms with van der Waals surface area (Å²) in [6.07, 6.45) is 9.31. The van der Waals surface area contributed by atoms with Crippen LogP contribution >= 0.6 is 0 Å². The van der Waals surface area contributed by atoms with Gasteiger partial charge >= 0.3 is 12.2 Å². The number of hydrogen-bond acceptors (Lipinski definition) is 4. The van der Waals surface area contributed by atoms with E-state index in [9.17, 15) is 18.0 Å². The molecule has 3 heterocycles. The van der Waals surface area contributed by atoms with Crippen molar-refractivity contribution in [2.45, 2.75) is 88.6 Å². The zero-order chi connectivity index (χ0) is 24.5. The number of alkyl halides is 3. The molecule has 2 aromatic rings. The first-order valence-corrected chi connectivity index (χ1v) is 12.6. The van der Waals surface area contributed by atoms with Crippen molar-refractivity contribution in [2.24, 2.45) is 0 Å². The van der Waals surface area contributed by atoms with Crippen molar-refractivity contribution in [1.29, 1.82) is 0 Å². The van der Waals surface area contributed by atoms with Crippen LogP contribution in [0.3, 0.4) is 0 Å². The maximum absolute atomic E-state index is 13.6. The van der Waals surface area contributed by atoms with E-state index in [4.69, 9.17) is 4.74 Å². The van der Waals surface area contributed by atoms with Gasteiger partial charge in [-0.15, -0.1) is 0 Å². The van der Waals surface area contributed by atoms with Gasteiger partial charge in [-0.2, -0.15) is 13.2 Å². The van der Waals surface area contributed by atoms with Crippen LogP contribution in [-0.4, -0.2) is 39.1 Å². The quantitative estimate of drug-likeness (QED) is 0.492. The minimum Gasteiger partial charge on any atom is -0.474 e. The lowest BCUT2D eigenvalue weighted by molar-refractivity contribution is -0.141. The number of halogens is 3. The first-order valence-electron chi connectivity index (χ1n) is 12.6. The standard InChI is InChI=1S/C26H31F3N4O2/c27-26(28,29)22-11-10-20(16-30-22)32-18-25(13-5-2-6-14-25)33(24(32)34)17-19-9-12-23(31-15-19)35-21-7-3-1-4-8-21/h9-12,15-16,21H,1-8,13-14,17-18H2. The van der Waals surface area contributed by atoms with E-state index in [1.165, 1.54) is 25.3 Å². The molecule has 2 aliphatic carbocycles. The zero-order valence-corrected chi connectivity index (χ0v) is 19.8. The molecule has 0 radical (unpaired) electrons. The smallest absolute Gasteiger partial charge is 0.433 e. The maximum Gasteiger partial charge on any atom is 0.433 e. The number of amides is 2. The fraction of sp³-hybridized carbons (Fsp3) is 0.577. The first-order chi connectivity index (χ1) is 16.8. The topological polar surface area (TPSA) is 58.6 Å². The van der Waals surface area contributed by atoms with Crippen LogP contribution in [0.15, 0.2) is 36.7 Å². The van der Waals surface area contributed by atoms with Gasteiger partial charge in [0.15, 0.2) is 0 Å². The summed E-state index contributed by atoms with van der Waals surface area (Å²) in [5, 5.41) is 0. The Morgan fingerprint density at radius 1 is 0.943 bits per heavy atom. The van der Waals surface area contributed by atoms with Gasteiger partial charge in [0.05, 0.1) is 24.0 Å². The van der Waals surface area contributed by atoms with Gasteiger partial charge in [0.25, 0.3) is 0 Å². The van der Waals surface area contributed by atoms with Crippen molar-refractivity contribution < 1.29 is 22.7 Å². The van der Waals surface area contributed by atoms with Crippen molar-refractivity contribution in [3.05, 3.63) is 47.9 Å². The molecule has 0 unspecified atom stereocenters. The average molecular weight is 489 g/mol. The van der Waals surface area contributed by atoms with E-state index < -0.39 is 11.9 Å². The van der Waals surface area contributed by atoms with Gasteiger partial charge in [-0.1, -0.05) is 31.7 Å². The Balaban J connectivity index is 1.33. The van der Waals surface area contributed by atoms with Gasteiger partial charge in [0.1, 0.15) is 11.8 Å². The van der Waals surface area contributed by atoms with Crippen molar-refractivity contribution >= 4 is 11.7 Å². The highest BCUT2D eigenvalue weighted by atomic mass is 19.4. The predicted molar refractivity (Wildman–Crippen MR) is 125 cm³/mol. The van der Waals surface area contributed by atoms with Crippen molar-refractivity contribution in [3.8, 4) is 5.88 Å². The highest BCUT2D eigenvalue weighted by molar-refractivity contribution is 5.95. The number of pyridine rings is 2. The summed E-state index contributed by atoms with van der Waals surface area (Å²) in [4.78, 5) is 25.1. The monoisotopic (exact) mass is 488 g/mol. The first kappa shape index (κ1) is 23.9. The van der Waals surface area contributed by atoms with Gasteiger partial charge < -0.3 is 9.64 Å². The minimum absolute atomic E-state index is 0.198. The Morgan fingerprint density at radius 2 is 1.69 bits per heavy atom. The molecule has 0 aromatic carbocycles. The molecule has 2 saturated carbocycles. The van der Waals surface area contributed by atoms with E-state index in [-0.39, 0.29) is 17.7 Å². The minimum atomic E-state index is -4.51. The number of hydrogen-bond donors (Lipinski definition) is 0. The van der Waals surface area contributed by atoms with E-state index in [0.29, 0.717) is 24.7 Å². The van der Waals surface area contributed by atoms with E-state index in [2.05, 4.69) is 9.97 Å². The summed E-state index contributed by atoms with van der Waals surface area (Å²) >= 11 is 0. The van der Waals surface area contributed by atoms with E-state index in [1.807, 2.05) is 17.0 Å². The number of carbonyl (C=O) groups excluding carboxylic acids is 1. The lowest BCUT2D eigenvalue weighted by Crippen LogP contribution is -2.48. The highest BCUT2D eigenvalue weighted by Crippen LogP contribution is 2.42. The largest absolute Gasteiger partial charge is 0.474 e. The summed E-state index contributed by atoms with van der Waals surface area (Å²) < 4.78 is 44.9. The predicted octanol–water partition coefficient (Wildman–Crippen LogP) is 6.35. The van der Waals surface area contributed by atoms with E-state index in [1.54, 1.807) is 11.1 Å². The molecule has 9 heteroatoms. The van der Waals surface area contributed by atoms with Crippen LogP contribution < -0.4 is 9.64 Å². The van der Waals surface area contributed by atoms with Crippen LogP contribution in [0.4, 0.5) is 23.7 Å². The molecular weight excluding hydrogens is 457 g/mol. The lowest BCUT2D eigenvalue weighted by atomic mass is 9.81. The van der Waals surface area contributed by atoms with Crippen molar-refractivity contribution in [1.82, 2.24) is 14.9 Å². The normalized spacial score (nSPS) is 21.1. The molecule has 5 rings (SSSR count). The number of carbonyl (C=O) groups is 1. The van der Waals surface area contributed by atoms with Crippen LogP contribution in [-0.2, 0) is 12.7 Å². The summed E-state index contributed by atoms with van der Waals surface area (Å²) in [6, 6.07) is 5.91. The molecule has 2 aromatic heterocycles. The van der Waals surface area contributed by atoms with Crippen molar-refractivity contribution in [3.63, 3.8) is 0 Å². The molecule has 3 aliphatic rings.